The molecule has 1 aliphatic carbocycles. The smallest absolute Gasteiger partial charge is 0.270 e. The Morgan fingerprint density at radius 2 is 1.74 bits per heavy atom. The number of aromatic nitrogens is 1. The summed E-state index contributed by atoms with van der Waals surface area (Å²) in [7, 11) is 0. The second-order valence-corrected chi connectivity index (χ2v) is 8.24. The minimum Gasteiger partial charge on any atom is -0.485 e. The van der Waals surface area contributed by atoms with Gasteiger partial charge in [0, 0.05) is 43.9 Å². The van der Waals surface area contributed by atoms with Crippen molar-refractivity contribution in [2.45, 2.75) is 32.3 Å². The maximum atomic E-state index is 13.1. The van der Waals surface area contributed by atoms with Crippen molar-refractivity contribution in [1.82, 2.24) is 14.8 Å². The average Bonchev–Trinajstić information content (AvgIpc) is 3.15. The lowest BCUT2D eigenvalue weighted by molar-refractivity contribution is -0.142. The summed E-state index contributed by atoms with van der Waals surface area (Å²) in [5.41, 5.74) is 2.81. The van der Waals surface area contributed by atoms with Gasteiger partial charge in [0.15, 0.2) is 17.3 Å². The topological polar surface area (TPSA) is 91.9 Å². The zero-order chi connectivity index (χ0) is 21.5. The highest BCUT2D eigenvalue weighted by Crippen LogP contribution is 2.31. The third-order valence-electron chi connectivity index (χ3n) is 6.31. The van der Waals surface area contributed by atoms with Crippen LogP contribution in [0, 0.1) is 6.92 Å². The molecule has 8 nitrogen and oxygen atoms in total. The van der Waals surface area contributed by atoms with E-state index < -0.39 is 6.10 Å². The predicted octanol–water partition coefficient (Wildman–Crippen LogP) is 1.97. The zero-order valence-electron chi connectivity index (χ0n) is 17.5. The normalized spacial score (nSPS) is 20.4. The Bertz CT molecular complexity index is 1050. The first-order chi connectivity index (χ1) is 15.0. The number of carbonyl (C=O) groups is 3. The molecule has 2 aromatic rings. The number of aryl methyl sites for hydroxylation is 1. The molecule has 3 aliphatic rings. The SMILES string of the molecule is Cc1c(C(=O)N2CCN(C(=O)[C@@H]3COc4ccccc4O3)CC2)[nH]c2c1C(=O)CCC2. The van der Waals surface area contributed by atoms with Crippen LogP contribution in [0.1, 0.15) is 44.9 Å². The second-order valence-electron chi connectivity index (χ2n) is 8.24. The first-order valence-electron chi connectivity index (χ1n) is 10.7. The van der Waals surface area contributed by atoms with Crippen molar-refractivity contribution in [2.75, 3.05) is 32.8 Å². The Kier molecular flexibility index (Phi) is 4.92. The number of nitrogens with zero attached hydrogens (tertiary/aromatic N) is 2. The number of ketones is 1. The summed E-state index contributed by atoms with van der Waals surface area (Å²) < 4.78 is 11.5. The molecule has 2 amide bonds. The molecule has 1 N–H and O–H groups in total. The third kappa shape index (κ3) is 3.45. The molecule has 5 rings (SSSR count). The predicted molar refractivity (Wildman–Crippen MR) is 112 cm³/mol. The Hall–Kier alpha value is -3.29. The minimum atomic E-state index is -0.680. The van der Waals surface area contributed by atoms with E-state index in [1.165, 1.54) is 0 Å². The van der Waals surface area contributed by atoms with Gasteiger partial charge in [-0.3, -0.25) is 14.4 Å². The Morgan fingerprint density at radius 1 is 1.03 bits per heavy atom. The van der Waals surface area contributed by atoms with Gasteiger partial charge in [0.25, 0.3) is 11.8 Å². The van der Waals surface area contributed by atoms with Gasteiger partial charge in [0.05, 0.1) is 0 Å². The molecule has 1 aromatic carbocycles. The number of hydrogen-bond acceptors (Lipinski definition) is 5. The number of aromatic amines is 1. The number of benzene rings is 1. The molecule has 2 aliphatic heterocycles. The number of H-pyrrole nitrogens is 1. The molecule has 0 bridgehead atoms. The van der Waals surface area contributed by atoms with Crippen molar-refractivity contribution in [3.05, 3.63) is 46.8 Å². The molecule has 31 heavy (non-hydrogen) atoms. The molecule has 0 spiro atoms. The molecular weight excluding hydrogens is 398 g/mol. The standard InChI is InChI=1S/C23H25N3O5/c1-14-20-15(5-4-6-16(20)27)24-21(14)23(29)26-11-9-25(10-12-26)22(28)19-13-30-17-7-2-3-8-18(17)31-19/h2-3,7-8,19,24H,4-6,9-13H2,1H3/t19-/m0/s1. The second kappa shape index (κ2) is 7.76. The summed E-state index contributed by atoms with van der Waals surface area (Å²) in [6.45, 7) is 3.76. The van der Waals surface area contributed by atoms with Crippen LogP contribution in [0.3, 0.4) is 0 Å². The quantitative estimate of drug-likeness (QED) is 0.797. The number of para-hydroxylation sites is 2. The maximum absolute atomic E-state index is 13.1. The van der Waals surface area contributed by atoms with Gasteiger partial charge < -0.3 is 24.3 Å². The summed E-state index contributed by atoms with van der Waals surface area (Å²) in [5.74, 6) is 1.09. The van der Waals surface area contributed by atoms with Crippen molar-refractivity contribution in [2.24, 2.45) is 0 Å². The van der Waals surface area contributed by atoms with Crippen LogP contribution in [0.15, 0.2) is 24.3 Å². The van der Waals surface area contributed by atoms with Crippen molar-refractivity contribution in [1.29, 1.82) is 0 Å². The lowest BCUT2D eigenvalue weighted by Gasteiger charge is -2.37. The number of amides is 2. The Labute approximate surface area is 180 Å². The molecule has 1 saturated heterocycles. The number of fused-ring (bicyclic) bond motifs is 2. The van der Waals surface area contributed by atoms with Gasteiger partial charge in [-0.05, 0) is 37.5 Å². The van der Waals surface area contributed by atoms with Crippen LogP contribution < -0.4 is 9.47 Å². The van der Waals surface area contributed by atoms with Gasteiger partial charge in [-0.2, -0.15) is 0 Å². The molecule has 1 atom stereocenters. The summed E-state index contributed by atoms with van der Waals surface area (Å²) >= 11 is 0. The summed E-state index contributed by atoms with van der Waals surface area (Å²) in [5, 5.41) is 0. The van der Waals surface area contributed by atoms with Gasteiger partial charge in [-0.1, -0.05) is 12.1 Å². The van der Waals surface area contributed by atoms with Crippen molar-refractivity contribution in [3.8, 4) is 11.5 Å². The Morgan fingerprint density at radius 3 is 2.48 bits per heavy atom. The van der Waals surface area contributed by atoms with Gasteiger partial charge in [0.2, 0.25) is 6.10 Å². The summed E-state index contributed by atoms with van der Waals surface area (Å²) in [4.78, 5) is 44.9. The summed E-state index contributed by atoms with van der Waals surface area (Å²) in [6, 6.07) is 7.30. The van der Waals surface area contributed by atoms with E-state index in [9.17, 15) is 14.4 Å². The number of ether oxygens (including phenoxy) is 2. The molecule has 3 heterocycles. The highest BCUT2D eigenvalue weighted by molar-refractivity contribution is 6.04. The van der Waals surface area contributed by atoms with E-state index >= 15 is 0 Å². The van der Waals surface area contributed by atoms with Crippen molar-refractivity contribution >= 4 is 17.6 Å². The fraction of sp³-hybridized carbons (Fsp3) is 0.435. The molecule has 0 saturated carbocycles. The molecule has 8 heteroatoms. The van der Waals surface area contributed by atoms with Gasteiger partial charge in [-0.25, -0.2) is 0 Å². The number of nitrogens with one attached hydrogen (secondary N) is 1. The van der Waals surface area contributed by atoms with E-state index in [1.807, 2.05) is 25.1 Å². The van der Waals surface area contributed by atoms with Gasteiger partial charge >= 0.3 is 0 Å². The van der Waals surface area contributed by atoms with Crippen molar-refractivity contribution < 1.29 is 23.9 Å². The number of piperazine rings is 1. The van der Waals surface area contributed by atoms with Crippen LogP contribution in [-0.2, 0) is 11.2 Å². The van der Waals surface area contributed by atoms with E-state index in [2.05, 4.69) is 4.98 Å². The van der Waals surface area contributed by atoms with Gasteiger partial charge in [-0.15, -0.1) is 0 Å². The highest BCUT2D eigenvalue weighted by Gasteiger charge is 2.35. The van der Waals surface area contributed by atoms with E-state index in [4.69, 9.17) is 9.47 Å². The van der Waals surface area contributed by atoms with Crippen LogP contribution in [0.4, 0.5) is 0 Å². The van der Waals surface area contributed by atoms with Crippen LogP contribution in [-0.4, -0.2) is 71.3 Å². The molecule has 0 radical (unpaired) electrons. The molecular formula is C23H25N3O5. The molecule has 1 aromatic heterocycles. The van der Waals surface area contributed by atoms with E-state index in [-0.39, 0.29) is 24.2 Å². The first-order valence-corrected chi connectivity index (χ1v) is 10.7. The van der Waals surface area contributed by atoms with Crippen LogP contribution >= 0.6 is 0 Å². The Balaban J connectivity index is 1.22. The minimum absolute atomic E-state index is 0.112. The number of carbonyl (C=O) groups excluding carboxylic acids is 3. The van der Waals surface area contributed by atoms with E-state index in [0.29, 0.717) is 55.4 Å². The molecule has 1 fully saturated rings. The lowest BCUT2D eigenvalue weighted by Crippen LogP contribution is -2.55. The van der Waals surface area contributed by atoms with Crippen molar-refractivity contribution in [3.63, 3.8) is 0 Å². The zero-order valence-corrected chi connectivity index (χ0v) is 17.5. The average molecular weight is 423 g/mol. The number of hydrogen-bond donors (Lipinski definition) is 1. The fourth-order valence-electron chi connectivity index (χ4n) is 4.62. The van der Waals surface area contributed by atoms with Crippen LogP contribution in [0.2, 0.25) is 0 Å². The lowest BCUT2D eigenvalue weighted by atomic mass is 9.93. The fourth-order valence-corrected chi connectivity index (χ4v) is 4.62. The van der Waals surface area contributed by atoms with Crippen LogP contribution in [0.25, 0.3) is 0 Å². The monoisotopic (exact) mass is 423 g/mol. The number of Topliss-reactive ketones (excluding diaryl/α,β-unsaturated/α-hetero) is 1. The first kappa shape index (κ1) is 19.7. The van der Waals surface area contributed by atoms with Gasteiger partial charge in [0.1, 0.15) is 12.3 Å². The summed E-state index contributed by atoms with van der Waals surface area (Å²) in [6.07, 6.45) is 1.47. The number of rotatable bonds is 2. The maximum Gasteiger partial charge on any atom is 0.270 e. The largest absolute Gasteiger partial charge is 0.485 e. The molecule has 162 valence electrons. The highest BCUT2D eigenvalue weighted by atomic mass is 16.6. The third-order valence-corrected chi connectivity index (χ3v) is 6.31. The molecule has 0 unspecified atom stereocenters. The van der Waals surface area contributed by atoms with Crippen LogP contribution in [0.5, 0.6) is 11.5 Å². The van der Waals surface area contributed by atoms with E-state index in [0.717, 1.165) is 24.1 Å². The van der Waals surface area contributed by atoms with E-state index in [1.54, 1.807) is 15.9 Å².